The monoisotopic (exact) mass is 477 g/mol. The second-order valence-electron chi connectivity index (χ2n) is 9.78. The number of thioether (sulfide) groups is 1. The van der Waals surface area contributed by atoms with Gasteiger partial charge in [0.1, 0.15) is 6.10 Å². The number of hydrogen-bond donors (Lipinski definition) is 1. The summed E-state index contributed by atoms with van der Waals surface area (Å²) in [6.45, 7) is 2.05. The van der Waals surface area contributed by atoms with Crippen molar-refractivity contribution in [3.63, 3.8) is 0 Å². The summed E-state index contributed by atoms with van der Waals surface area (Å²) in [5.74, 6) is 1.15. The van der Waals surface area contributed by atoms with E-state index in [1.54, 1.807) is 30.3 Å². The summed E-state index contributed by atoms with van der Waals surface area (Å²) in [6.07, 6.45) is 8.74. The zero-order valence-electron chi connectivity index (χ0n) is 19.6. The minimum atomic E-state index is -0.489. The van der Waals surface area contributed by atoms with Crippen molar-refractivity contribution in [1.82, 2.24) is 0 Å². The van der Waals surface area contributed by atoms with Crippen LogP contribution < -0.4 is 5.73 Å². The summed E-state index contributed by atoms with van der Waals surface area (Å²) in [5.41, 5.74) is 7.88. The Morgan fingerprint density at radius 2 is 1.68 bits per heavy atom. The predicted octanol–water partition coefficient (Wildman–Crippen LogP) is 6.06. The van der Waals surface area contributed by atoms with Gasteiger partial charge >= 0.3 is 5.97 Å². The summed E-state index contributed by atoms with van der Waals surface area (Å²) >= 11 is 1.48. The van der Waals surface area contributed by atoms with Gasteiger partial charge in [0.15, 0.2) is 11.6 Å². The van der Waals surface area contributed by atoms with Crippen molar-refractivity contribution < 1.29 is 19.1 Å². The Morgan fingerprint density at radius 1 is 1.00 bits per heavy atom. The van der Waals surface area contributed by atoms with Crippen molar-refractivity contribution in [3.8, 4) is 0 Å². The van der Waals surface area contributed by atoms with E-state index in [2.05, 4.69) is 6.92 Å². The molecule has 0 saturated heterocycles. The number of benzene rings is 2. The van der Waals surface area contributed by atoms with Crippen molar-refractivity contribution in [3.05, 3.63) is 58.1 Å². The molecule has 34 heavy (non-hydrogen) atoms. The highest BCUT2D eigenvalue weighted by Gasteiger charge is 2.37. The summed E-state index contributed by atoms with van der Waals surface area (Å²) in [5, 5.41) is 0. The van der Waals surface area contributed by atoms with E-state index in [0.29, 0.717) is 27.5 Å². The first kappa shape index (κ1) is 23.2. The fourth-order valence-electron chi connectivity index (χ4n) is 5.93. The fourth-order valence-corrected chi connectivity index (χ4v) is 6.89. The van der Waals surface area contributed by atoms with Crippen molar-refractivity contribution in [2.75, 3.05) is 11.5 Å². The zero-order valence-corrected chi connectivity index (χ0v) is 20.4. The molecule has 0 amide bonds. The topological polar surface area (TPSA) is 86.5 Å². The number of carbonyl (C=O) groups is 3. The van der Waals surface area contributed by atoms with Crippen LogP contribution in [0.2, 0.25) is 0 Å². The number of anilines is 1. The molecule has 2 fully saturated rings. The van der Waals surface area contributed by atoms with Gasteiger partial charge in [0.05, 0.1) is 16.8 Å². The quantitative estimate of drug-likeness (QED) is 0.273. The number of ether oxygens (including phenoxy) is 1. The van der Waals surface area contributed by atoms with E-state index in [4.69, 9.17) is 10.5 Å². The fraction of sp³-hybridized carbons (Fsp3) is 0.464. The second kappa shape index (κ2) is 9.57. The number of carbonyl (C=O) groups excluding carboxylic acids is 3. The summed E-state index contributed by atoms with van der Waals surface area (Å²) in [6, 6.07) is 8.47. The molecule has 0 aliphatic heterocycles. The van der Waals surface area contributed by atoms with Crippen LogP contribution in [0.3, 0.4) is 0 Å². The van der Waals surface area contributed by atoms with Gasteiger partial charge < -0.3 is 10.5 Å². The van der Waals surface area contributed by atoms with Crippen LogP contribution in [0.1, 0.15) is 100 Å². The lowest BCUT2D eigenvalue weighted by Gasteiger charge is -2.38. The van der Waals surface area contributed by atoms with E-state index in [-0.39, 0.29) is 34.5 Å². The second-order valence-corrected chi connectivity index (χ2v) is 10.9. The average molecular weight is 478 g/mol. The molecule has 5 rings (SSSR count). The highest BCUT2D eigenvalue weighted by molar-refractivity contribution is 7.99. The van der Waals surface area contributed by atoms with Gasteiger partial charge in [0, 0.05) is 21.6 Å². The minimum Gasteiger partial charge on any atom is -0.459 e. The molecular weight excluding hydrogens is 446 g/mol. The number of fused-ring (bicyclic) bond motifs is 3. The van der Waals surface area contributed by atoms with Crippen LogP contribution in [-0.4, -0.2) is 29.4 Å². The number of hydrogen-bond acceptors (Lipinski definition) is 6. The first-order chi connectivity index (χ1) is 16.5. The summed E-state index contributed by atoms with van der Waals surface area (Å²) in [7, 11) is 0. The first-order valence-electron chi connectivity index (χ1n) is 12.5. The third kappa shape index (κ3) is 4.06. The normalized spacial score (nSPS) is 23.6. The van der Waals surface area contributed by atoms with E-state index in [9.17, 15) is 14.4 Å². The Morgan fingerprint density at radius 3 is 2.38 bits per heavy atom. The van der Waals surface area contributed by atoms with Gasteiger partial charge in [-0.3, -0.25) is 9.59 Å². The first-order valence-corrected chi connectivity index (χ1v) is 13.5. The summed E-state index contributed by atoms with van der Waals surface area (Å²) < 4.78 is 5.96. The molecule has 2 N–H and O–H groups in total. The Kier molecular flexibility index (Phi) is 6.52. The molecule has 2 saturated carbocycles. The van der Waals surface area contributed by atoms with Crippen molar-refractivity contribution in [2.45, 2.75) is 69.3 Å². The highest BCUT2D eigenvalue weighted by Crippen LogP contribution is 2.43. The Labute approximate surface area is 204 Å². The van der Waals surface area contributed by atoms with Crippen LogP contribution >= 0.6 is 11.8 Å². The molecule has 3 atom stereocenters. The van der Waals surface area contributed by atoms with Crippen LogP contribution in [0.5, 0.6) is 0 Å². The Balaban J connectivity index is 1.49. The van der Waals surface area contributed by atoms with Gasteiger partial charge in [-0.05, 0) is 49.3 Å². The van der Waals surface area contributed by atoms with Gasteiger partial charge in [-0.1, -0.05) is 56.9 Å². The van der Waals surface area contributed by atoms with Gasteiger partial charge in [-0.25, -0.2) is 4.79 Å². The maximum atomic E-state index is 13.4. The largest absolute Gasteiger partial charge is 0.459 e. The average Bonchev–Trinajstić information content (AvgIpc) is 2.86. The number of rotatable bonds is 5. The molecule has 2 aromatic rings. The molecule has 0 radical (unpaired) electrons. The summed E-state index contributed by atoms with van der Waals surface area (Å²) in [4.78, 5) is 40.8. The highest BCUT2D eigenvalue weighted by atomic mass is 32.2. The maximum Gasteiger partial charge on any atom is 0.340 e. The molecule has 5 nitrogen and oxygen atoms in total. The molecule has 0 bridgehead atoms. The Bertz CT molecular complexity index is 1160. The van der Waals surface area contributed by atoms with Gasteiger partial charge in [-0.2, -0.15) is 0 Å². The van der Waals surface area contributed by atoms with Crippen LogP contribution in [-0.2, 0) is 4.74 Å². The van der Waals surface area contributed by atoms with Crippen LogP contribution in [0.4, 0.5) is 5.69 Å². The smallest absolute Gasteiger partial charge is 0.340 e. The van der Waals surface area contributed by atoms with Crippen molar-refractivity contribution >= 4 is 35.0 Å². The zero-order chi connectivity index (χ0) is 23.8. The maximum absolute atomic E-state index is 13.4. The molecule has 178 valence electrons. The van der Waals surface area contributed by atoms with Gasteiger partial charge in [-0.15, -0.1) is 11.8 Å². The Hall–Kier alpha value is -2.60. The van der Waals surface area contributed by atoms with Gasteiger partial charge in [0.2, 0.25) is 0 Å². The van der Waals surface area contributed by atoms with Crippen molar-refractivity contribution in [1.29, 1.82) is 0 Å². The van der Waals surface area contributed by atoms with E-state index < -0.39 is 5.97 Å². The molecule has 3 aliphatic rings. The molecule has 2 aromatic carbocycles. The van der Waals surface area contributed by atoms with E-state index in [1.165, 1.54) is 37.4 Å². The lowest BCUT2D eigenvalue weighted by atomic mass is 9.70. The third-order valence-corrected chi connectivity index (χ3v) is 8.89. The minimum absolute atomic E-state index is 0.0556. The molecule has 0 aromatic heterocycles. The molecule has 0 spiro atoms. The standard InChI is InChI=1S/C28H31NO4S/c1-2-13-34-22-15-21(28(32)33-18-12-11-16-7-3-4-8-17(16)14-18)25(29)24-23(22)26(30)19-9-5-6-10-20(19)27(24)31/h5-6,9-10,15-18H,2-4,7-8,11-14,29H2,1H3. The van der Waals surface area contributed by atoms with E-state index >= 15 is 0 Å². The predicted molar refractivity (Wildman–Crippen MR) is 134 cm³/mol. The molecule has 6 heteroatoms. The SMILES string of the molecule is CCCSc1cc(C(=O)OC2CCC3CCCCC3C2)c(N)c2c1C(=O)c1ccccc1C2=O. The number of esters is 1. The van der Waals surface area contributed by atoms with Crippen LogP contribution in [0, 0.1) is 11.8 Å². The van der Waals surface area contributed by atoms with E-state index in [0.717, 1.165) is 37.4 Å². The van der Waals surface area contributed by atoms with E-state index in [1.807, 2.05) is 0 Å². The van der Waals surface area contributed by atoms with Gasteiger partial charge in [0.25, 0.3) is 0 Å². The van der Waals surface area contributed by atoms with Crippen LogP contribution in [0.15, 0.2) is 35.2 Å². The van der Waals surface area contributed by atoms with Crippen molar-refractivity contribution in [2.24, 2.45) is 11.8 Å². The van der Waals surface area contributed by atoms with Crippen LogP contribution in [0.25, 0.3) is 0 Å². The number of nitrogens with two attached hydrogens (primary N) is 1. The molecular formula is C28H31NO4S. The lowest BCUT2D eigenvalue weighted by molar-refractivity contribution is -0.000861. The number of nitrogen functional groups attached to an aromatic ring is 1. The lowest BCUT2D eigenvalue weighted by Crippen LogP contribution is -2.33. The third-order valence-electron chi connectivity index (χ3n) is 7.65. The molecule has 0 heterocycles. The molecule has 3 aliphatic carbocycles. The number of ketones is 2. The molecule has 3 unspecified atom stereocenters.